The van der Waals surface area contributed by atoms with Crippen LogP contribution >= 0.6 is 0 Å². The Labute approximate surface area is 205 Å². The van der Waals surface area contributed by atoms with Gasteiger partial charge in [0.15, 0.2) is 0 Å². The predicted octanol–water partition coefficient (Wildman–Crippen LogP) is 9.02. The molecule has 0 radical (unpaired) electrons. The molecule has 4 fully saturated rings. The molecule has 1 nitrogen and oxygen atoms in total. The monoisotopic (exact) mass is 452 g/mol. The number of hydrogen-bond acceptors (Lipinski definition) is 1. The van der Waals surface area contributed by atoms with E-state index < -0.39 is 0 Å². The maximum atomic E-state index is 12.4. The molecule has 4 aliphatic carbocycles. The Kier molecular flexibility index (Phi) is 7.15. The van der Waals surface area contributed by atoms with Crippen molar-refractivity contribution in [3.63, 3.8) is 0 Å². The summed E-state index contributed by atoms with van der Waals surface area (Å²) in [7, 11) is 0. The van der Waals surface area contributed by atoms with E-state index in [1.54, 1.807) is 0 Å². The van der Waals surface area contributed by atoms with Crippen LogP contribution in [0.4, 0.5) is 0 Å². The molecule has 9 atom stereocenters. The summed E-state index contributed by atoms with van der Waals surface area (Å²) in [5.74, 6) is 5.92. The quantitative estimate of drug-likeness (QED) is 0.352. The lowest BCUT2D eigenvalue weighted by Gasteiger charge is -2.65. The molecule has 33 heavy (non-hydrogen) atoms. The molecule has 0 aromatic heterocycles. The highest BCUT2D eigenvalue weighted by Gasteiger charge is 2.64. The number of ketones is 1. The maximum Gasteiger partial charge on any atom is 0.132 e. The molecule has 4 rings (SSSR count). The van der Waals surface area contributed by atoms with Gasteiger partial charge in [0, 0.05) is 11.3 Å². The van der Waals surface area contributed by atoms with Gasteiger partial charge in [-0.05, 0) is 117 Å². The molecular weight excluding hydrogens is 400 g/mol. The van der Waals surface area contributed by atoms with Crippen LogP contribution in [0.2, 0.25) is 0 Å². The first-order valence-electron chi connectivity index (χ1n) is 14.5. The number of fused-ring (bicyclic) bond motifs is 5. The Morgan fingerprint density at radius 3 is 2.42 bits per heavy atom. The third-order valence-corrected chi connectivity index (χ3v) is 12.1. The average Bonchev–Trinajstić information content (AvgIpc) is 3.10. The van der Waals surface area contributed by atoms with Crippen molar-refractivity contribution in [1.82, 2.24) is 0 Å². The Hall–Kier alpha value is -0.810. The van der Waals surface area contributed by atoms with Gasteiger partial charge in [-0.15, -0.1) is 5.73 Å². The van der Waals surface area contributed by atoms with Gasteiger partial charge in [0.1, 0.15) is 5.78 Å². The third-order valence-electron chi connectivity index (χ3n) is 12.1. The number of carbonyl (C=O) groups excluding carboxylic acids is 1. The van der Waals surface area contributed by atoms with Crippen molar-refractivity contribution in [2.45, 2.75) is 119 Å². The highest BCUT2D eigenvalue weighted by Crippen LogP contribution is 2.72. The van der Waals surface area contributed by atoms with Crippen molar-refractivity contribution in [3.05, 3.63) is 18.4 Å². The lowest BCUT2D eigenvalue weighted by atomic mass is 9.39. The van der Waals surface area contributed by atoms with Gasteiger partial charge in [0.2, 0.25) is 0 Å². The third kappa shape index (κ3) is 4.13. The second-order valence-electron chi connectivity index (χ2n) is 13.9. The molecule has 0 heterocycles. The van der Waals surface area contributed by atoms with Crippen LogP contribution in [0.3, 0.4) is 0 Å². The number of rotatable bonds is 7. The lowest BCUT2D eigenvalue weighted by Crippen LogP contribution is -2.58. The highest BCUT2D eigenvalue weighted by atomic mass is 16.1. The second kappa shape index (κ2) is 9.33. The fourth-order valence-electron chi connectivity index (χ4n) is 10.2. The molecule has 0 amide bonds. The van der Waals surface area contributed by atoms with Crippen LogP contribution in [0.5, 0.6) is 0 Å². The zero-order chi connectivity index (χ0) is 24.0. The summed E-state index contributed by atoms with van der Waals surface area (Å²) in [5, 5.41) is 0. The van der Waals surface area contributed by atoms with Crippen LogP contribution in [-0.2, 0) is 4.79 Å². The summed E-state index contributed by atoms with van der Waals surface area (Å²) >= 11 is 0. The molecule has 0 bridgehead atoms. The smallest absolute Gasteiger partial charge is 0.132 e. The van der Waals surface area contributed by atoms with Gasteiger partial charge in [0.25, 0.3) is 0 Å². The molecule has 186 valence electrons. The average molecular weight is 453 g/mol. The van der Waals surface area contributed by atoms with Crippen LogP contribution < -0.4 is 0 Å². The predicted molar refractivity (Wildman–Crippen MR) is 140 cm³/mol. The van der Waals surface area contributed by atoms with Crippen LogP contribution in [0.15, 0.2) is 18.4 Å². The second-order valence-corrected chi connectivity index (χ2v) is 13.9. The van der Waals surface area contributed by atoms with E-state index >= 15 is 0 Å². The van der Waals surface area contributed by atoms with Gasteiger partial charge in [-0.1, -0.05) is 60.5 Å². The number of hydrogen-bond donors (Lipinski definition) is 0. The Morgan fingerprint density at radius 1 is 1.00 bits per heavy atom. The molecule has 0 aromatic rings. The molecular formula is C32H52O. The standard InChI is InChI=1S/C32H52O/c1-8-17-32-20-15-26-28-13-12-27(23(4)11-9-10-22(2)3)30(28,6)18-16-29(26)31(32,7)19-14-25(21-32)24(5)33/h17,22-23,25-29H,1,9-16,18-21H2,2-7H3/t23-,25?,26+,27-,28+,29+,30-,31-,32?/m1/s1. The fraction of sp³-hybridized carbons (Fsp3) is 0.875. The van der Waals surface area contributed by atoms with Crippen molar-refractivity contribution in [3.8, 4) is 0 Å². The molecule has 0 aromatic carbocycles. The molecule has 2 unspecified atom stereocenters. The van der Waals surface area contributed by atoms with Crippen molar-refractivity contribution >= 4 is 5.78 Å². The van der Waals surface area contributed by atoms with E-state index in [1.807, 2.05) is 6.92 Å². The topological polar surface area (TPSA) is 17.1 Å². The van der Waals surface area contributed by atoms with Gasteiger partial charge < -0.3 is 0 Å². The van der Waals surface area contributed by atoms with Gasteiger partial charge in [-0.3, -0.25) is 4.79 Å². The Morgan fingerprint density at radius 2 is 1.76 bits per heavy atom. The fourth-order valence-corrected chi connectivity index (χ4v) is 10.2. The first-order valence-corrected chi connectivity index (χ1v) is 14.5. The SMILES string of the molecule is C=C=CC12CC[C@H]3[C@@H]4CC[C@H]([C@H](C)CCCC(C)C)[C@@]4(C)CC[C@@H]3[C@@]1(C)CCC(C(C)=O)C2. The van der Waals surface area contributed by atoms with Crippen molar-refractivity contribution in [2.24, 2.45) is 57.7 Å². The molecule has 0 spiro atoms. The summed E-state index contributed by atoms with van der Waals surface area (Å²) in [5.41, 5.74) is 4.23. The Bertz CT molecular complexity index is 773. The number of Topliss-reactive ketones (excluding diaryl/α,β-unsaturated/α-hetero) is 1. The normalized spacial score (nSPS) is 45.5. The molecule has 0 saturated heterocycles. The van der Waals surface area contributed by atoms with Crippen LogP contribution in [0.25, 0.3) is 0 Å². The first kappa shape index (κ1) is 25.3. The van der Waals surface area contributed by atoms with Crippen LogP contribution in [0.1, 0.15) is 119 Å². The lowest BCUT2D eigenvalue weighted by molar-refractivity contribution is -0.156. The van der Waals surface area contributed by atoms with Crippen molar-refractivity contribution < 1.29 is 4.79 Å². The summed E-state index contributed by atoms with van der Waals surface area (Å²) in [6.07, 6.45) is 18.3. The van der Waals surface area contributed by atoms with E-state index in [2.05, 4.69) is 53.0 Å². The Balaban J connectivity index is 1.55. The van der Waals surface area contributed by atoms with E-state index in [9.17, 15) is 4.79 Å². The summed E-state index contributed by atoms with van der Waals surface area (Å²) in [6.45, 7) is 18.5. The van der Waals surface area contributed by atoms with Gasteiger partial charge in [-0.25, -0.2) is 0 Å². The van der Waals surface area contributed by atoms with Crippen molar-refractivity contribution in [2.75, 3.05) is 0 Å². The van der Waals surface area contributed by atoms with Gasteiger partial charge in [-0.2, -0.15) is 0 Å². The van der Waals surface area contributed by atoms with E-state index in [4.69, 9.17) is 0 Å². The molecule has 0 aliphatic heterocycles. The highest BCUT2D eigenvalue weighted by molar-refractivity contribution is 5.78. The minimum Gasteiger partial charge on any atom is -0.300 e. The van der Waals surface area contributed by atoms with Crippen LogP contribution in [-0.4, -0.2) is 5.78 Å². The zero-order valence-corrected chi connectivity index (χ0v) is 22.7. The molecule has 4 aliphatic rings. The summed E-state index contributed by atoms with van der Waals surface area (Å²) < 4.78 is 0. The van der Waals surface area contributed by atoms with E-state index in [0.717, 1.165) is 48.3 Å². The molecule has 4 saturated carbocycles. The van der Waals surface area contributed by atoms with Gasteiger partial charge >= 0.3 is 0 Å². The van der Waals surface area contributed by atoms with E-state index in [1.165, 1.54) is 64.2 Å². The molecule has 1 heteroatoms. The largest absolute Gasteiger partial charge is 0.300 e. The maximum absolute atomic E-state index is 12.4. The van der Waals surface area contributed by atoms with E-state index in [0.29, 0.717) is 16.6 Å². The molecule has 0 N–H and O–H groups in total. The van der Waals surface area contributed by atoms with E-state index in [-0.39, 0.29) is 11.3 Å². The van der Waals surface area contributed by atoms with Crippen molar-refractivity contribution in [1.29, 1.82) is 0 Å². The summed E-state index contributed by atoms with van der Waals surface area (Å²) in [6, 6.07) is 0. The number of carbonyl (C=O) groups is 1. The minimum absolute atomic E-state index is 0.139. The first-order chi connectivity index (χ1) is 15.6. The van der Waals surface area contributed by atoms with Gasteiger partial charge in [0.05, 0.1) is 0 Å². The number of allylic oxidation sites excluding steroid dienone is 1. The zero-order valence-electron chi connectivity index (χ0n) is 22.7. The van der Waals surface area contributed by atoms with Crippen LogP contribution in [0, 0.1) is 57.7 Å². The minimum atomic E-state index is 0.139. The summed E-state index contributed by atoms with van der Waals surface area (Å²) in [4.78, 5) is 12.4.